The van der Waals surface area contributed by atoms with Crippen LogP contribution in [0.3, 0.4) is 0 Å². The van der Waals surface area contributed by atoms with Gasteiger partial charge in [-0.05, 0) is 37.4 Å². The van der Waals surface area contributed by atoms with Crippen LogP contribution in [-0.4, -0.2) is 12.2 Å². The van der Waals surface area contributed by atoms with Crippen molar-refractivity contribution in [1.82, 2.24) is 5.32 Å². The van der Waals surface area contributed by atoms with Crippen molar-refractivity contribution >= 4 is 40.6 Å². The number of carbonyl (C=O) groups is 1. The lowest BCUT2D eigenvalue weighted by Crippen LogP contribution is -2.26. The molecule has 1 N–H and O–H groups in total. The first-order valence-corrected chi connectivity index (χ1v) is 8.23. The maximum absolute atomic E-state index is 12.3. The average Bonchev–Trinajstić information content (AvgIpc) is 2.85. The number of nitrogens with one attached hydrogen (secondary N) is 1. The molecule has 0 saturated carbocycles. The molecule has 0 fully saturated rings. The van der Waals surface area contributed by atoms with Crippen molar-refractivity contribution in [2.45, 2.75) is 17.9 Å². The first-order valence-electron chi connectivity index (χ1n) is 5.81. The molecule has 0 aliphatic carbocycles. The fourth-order valence-electron chi connectivity index (χ4n) is 1.74. The quantitative estimate of drug-likeness (QED) is 0.835. The molecule has 2 aromatic rings. The summed E-state index contributed by atoms with van der Waals surface area (Å²) < 4.78 is 0.737. The molecular formula is C14H14ClNOS2. The van der Waals surface area contributed by atoms with Crippen LogP contribution < -0.4 is 5.32 Å². The normalized spacial score (nSPS) is 12.2. The van der Waals surface area contributed by atoms with E-state index in [2.05, 4.69) is 5.32 Å². The van der Waals surface area contributed by atoms with Gasteiger partial charge in [0.1, 0.15) is 0 Å². The molecule has 19 heavy (non-hydrogen) atoms. The van der Waals surface area contributed by atoms with Crippen molar-refractivity contribution in [3.63, 3.8) is 0 Å². The molecule has 1 atom stereocenters. The molecule has 0 radical (unpaired) electrons. The lowest BCUT2D eigenvalue weighted by molar-refractivity contribution is 0.0937. The highest BCUT2D eigenvalue weighted by atomic mass is 35.5. The van der Waals surface area contributed by atoms with Gasteiger partial charge in [0, 0.05) is 9.77 Å². The molecule has 0 aliphatic rings. The highest BCUT2D eigenvalue weighted by Gasteiger charge is 2.15. The van der Waals surface area contributed by atoms with Gasteiger partial charge in [-0.15, -0.1) is 23.1 Å². The number of carbonyl (C=O) groups excluding carboxylic acids is 1. The number of rotatable bonds is 4. The Hall–Kier alpha value is -0.970. The molecule has 1 aromatic heterocycles. The summed E-state index contributed by atoms with van der Waals surface area (Å²) >= 11 is 8.97. The van der Waals surface area contributed by atoms with E-state index >= 15 is 0 Å². The van der Waals surface area contributed by atoms with Crippen molar-refractivity contribution in [2.75, 3.05) is 6.26 Å². The molecule has 1 heterocycles. The SMILES string of the molecule is CSc1ccccc1C(=O)NC(C)c1ccc(Cl)s1. The van der Waals surface area contributed by atoms with E-state index in [1.165, 1.54) is 11.3 Å². The van der Waals surface area contributed by atoms with Gasteiger partial charge >= 0.3 is 0 Å². The van der Waals surface area contributed by atoms with Crippen LogP contribution >= 0.6 is 34.7 Å². The summed E-state index contributed by atoms with van der Waals surface area (Å²) in [6.45, 7) is 1.96. The Morgan fingerprint density at radius 2 is 2.05 bits per heavy atom. The largest absolute Gasteiger partial charge is 0.345 e. The first kappa shape index (κ1) is 14.4. The minimum atomic E-state index is -0.0537. The molecule has 1 aromatic carbocycles. The fourth-order valence-corrected chi connectivity index (χ4v) is 3.40. The highest BCUT2D eigenvalue weighted by molar-refractivity contribution is 7.98. The van der Waals surface area contributed by atoms with Crippen LogP contribution in [0.5, 0.6) is 0 Å². The summed E-state index contributed by atoms with van der Waals surface area (Å²) in [5.74, 6) is -0.0537. The summed E-state index contributed by atoms with van der Waals surface area (Å²) in [5, 5.41) is 3.00. The maximum atomic E-state index is 12.3. The summed E-state index contributed by atoms with van der Waals surface area (Å²) in [6, 6.07) is 11.4. The van der Waals surface area contributed by atoms with Crippen molar-refractivity contribution < 1.29 is 4.79 Å². The number of benzene rings is 1. The predicted molar refractivity (Wildman–Crippen MR) is 83.4 cm³/mol. The van der Waals surface area contributed by atoms with Crippen molar-refractivity contribution in [2.24, 2.45) is 0 Å². The second-order valence-electron chi connectivity index (χ2n) is 4.04. The molecule has 100 valence electrons. The summed E-state index contributed by atoms with van der Waals surface area (Å²) in [7, 11) is 0. The third-order valence-corrected chi connectivity index (χ3v) is 4.93. The van der Waals surface area contributed by atoms with Crippen molar-refractivity contribution in [3.8, 4) is 0 Å². The van der Waals surface area contributed by atoms with Crippen LogP contribution in [0.25, 0.3) is 0 Å². The van der Waals surface area contributed by atoms with E-state index in [9.17, 15) is 4.79 Å². The summed E-state index contributed by atoms with van der Waals surface area (Å²) in [5.41, 5.74) is 0.713. The first-order chi connectivity index (χ1) is 9.11. The number of thiophene rings is 1. The van der Waals surface area contributed by atoms with E-state index in [4.69, 9.17) is 11.6 Å². The van der Waals surface area contributed by atoms with E-state index in [1.807, 2.05) is 49.6 Å². The Morgan fingerprint density at radius 3 is 2.68 bits per heavy atom. The lowest BCUT2D eigenvalue weighted by Gasteiger charge is -2.13. The Labute approximate surface area is 126 Å². The van der Waals surface area contributed by atoms with Crippen LogP contribution in [-0.2, 0) is 0 Å². The van der Waals surface area contributed by atoms with Crippen LogP contribution in [0, 0.1) is 0 Å². The molecule has 0 saturated heterocycles. The molecule has 2 rings (SSSR count). The molecule has 0 spiro atoms. The monoisotopic (exact) mass is 311 g/mol. The number of amides is 1. The third kappa shape index (κ3) is 3.53. The maximum Gasteiger partial charge on any atom is 0.252 e. The third-order valence-electron chi connectivity index (χ3n) is 2.72. The molecular weight excluding hydrogens is 298 g/mol. The fraction of sp³-hybridized carbons (Fsp3) is 0.214. The van der Waals surface area contributed by atoms with Crippen LogP contribution in [0.15, 0.2) is 41.3 Å². The van der Waals surface area contributed by atoms with Crippen molar-refractivity contribution in [1.29, 1.82) is 0 Å². The van der Waals surface area contributed by atoms with Gasteiger partial charge in [-0.2, -0.15) is 0 Å². The van der Waals surface area contributed by atoms with Gasteiger partial charge in [0.05, 0.1) is 15.9 Å². The number of hydrogen-bond donors (Lipinski definition) is 1. The van der Waals surface area contributed by atoms with E-state index in [-0.39, 0.29) is 11.9 Å². The van der Waals surface area contributed by atoms with Gasteiger partial charge in [-0.25, -0.2) is 0 Å². The van der Waals surface area contributed by atoms with Crippen LogP contribution in [0.2, 0.25) is 4.34 Å². The van der Waals surface area contributed by atoms with Gasteiger partial charge in [0.15, 0.2) is 0 Å². The van der Waals surface area contributed by atoms with E-state index < -0.39 is 0 Å². The topological polar surface area (TPSA) is 29.1 Å². The minimum Gasteiger partial charge on any atom is -0.345 e. The number of thioether (sulfide) groups is 1. The number of halogens is 1. The van der Waals surface area contributed by atoms with Gasteiger partial charge in [-0.1, -0.05) is 23.7 Å². The Morgan fingerprint density at radius 1 is 1.32 bits per heavy atom. The van der Waals surface area contributed by atoms with Gasteiger partial charge < -0.3 is 5.32 Å². The summed E-state index contributed by atoms with van der Waals surface area (Å²) in [4.78, 5) is 14.3. The van der Waals surface area contributed by atoms with E-state index in [0.29, 0.717) is 5.56 Å². The van der Waals surface area contributed by atoms with E-state index in [1.54, 1.807) is 11.8 Å². The molecule has 2 nitrogen and oxygen atoms in total. The standard InChI is InChI=1S/C14H14ClNOS2/c1-9(11-7-8-13(15)19-11)16-14(17)10-5-3-4-6-12(10)18-2/h3-9H,1-2H3,(H,16,17). The Kier molecular flexibility index (Phi) is 4.91. The minimum absolute atomic E-state index is 0.0417. The van der Waals surface area contributed by atoms with Gasteiger partial charge in [0.2, 0.25) is 0 Å². The Bertz CT molecular complexity index is 582. The average molecular weight is 312 g/mol. The zero-order valence-corrected chi connectivity index (χ0v) is 13.0. The van der Waals surface area contributed by atoms with Gasteiger partial charge in [-0.3, -0.25) is 4.79 Å². The molecule has 0 aliphatic heterocycles. The molecule has 0 bridgehead atoms. The lowest BCUT2D eigenvalue weighted by atomic mass is 10.2. The second kappa shape index (κ2) is 6.46. The van der Waals surface area contributed by atoms with Crippen LogP contribution in [0.4, 0.5) is 0 Å². The zero-order chi connectivity index (χ0) is 13.8. The molecule has 1 unspecified atom stereocenters. The van der Waals surface area contributed by atoms with E-state index in [0.717, 1.165) is 14.1 Å². The smallest absolute Gasteiger partial charge is 0.252 e. The Balaban J connectivity index is 2.12. The molecule has 5 heteroatoms. The number of hydrogen-bond acceptors (Lipinski definition) is 3. The summed E-state index contributed by atoms with van der Waals surface area (Å²) in [6.07, 6.45) is 1.97. The van der Waals surface area contributed by atoms with Gasteiger partial charge in [0.25, 0.3) is 5.91 Å². The zero-order valence-electron chi connectivity index (χ0n) is 10.6. The molecule has 1 amide bonds. The van der Waals surface area contributed by atoms with Crippen LogP contribution in [0.1, 0.15) is 28.2 Å². The highest BCUT2D eigenvalue weighted by Crippen LogP contribution is 2.27. The van der Waals surface area contributed by atoms with Crippen molar-refractivity contribution in [3.05, 3.63) is 51.2 Å². The second-order valence-corrected chi connectivity index (χ2v) is 6.63. The predicted octanol–water partition coefficient (Wildman–Crippen LogP) is 4.61.